The lowest BCUT2D eigenvalue weighted by molar-refractivity contribution is -0.384. The van der Waals surface area contributed by atoms with Crippen LogP contribution in [0, 0.1) is 19.5 Å². The number of rotatable bonds is 2. The van der Waals surface area contributed by atoms with E-state index in [1.807, 2.05) is 22.6 Å². The summed E-state index contributed by atoms with van der Waals surface area (Å²) >= 11 is 7.51. The van der Waals surface area contributed by atoms with E-state index in [0.717, 1.165) is 15.7 Å². The van der Waals surface area contributed by atoms with Crippen LogP contribution in [0.4, 0.5) is 10.1 Å². The fraction of sp³-hybridized carbons (Fsp3) is 0. The number of nitrogens with zero attached hydrogens (tertiary/aromatic N) is 3. The van der Waals surface area contributed by atoms with Gasteiger partial charge in [0.05, 0.1) is 19.7 Å². The van der Waals surface area contributed by atoms with Gasteiger partial charge >= 0.3 is 0 Å². The minimum Gasteiger partial charge on any atom is -0.258 e. The van der Waals surface area contributed by atoms with Gasteiger partial charge in [0.25, 0.3) is 5.69 Å². The van der Waals surface area contributed by atoms with E-state index in [1.54, 1.807) is 6.20 Å². The summed E-state index contributed by atoms with van der Waals surface area (Å²) in [4.78, 5) is 10.2. The van der Waals surface area contributed by atoms with E-state index in [0.29, 0.717) is 0 Å². The summed E-state index contributed by atoms with van der Waals surface area (Å²) in [5, 5.41) is 14.5. The summed E-state index contributed by atoms with van der Waals surface area (Å²) in [5.41, 5.74) is -0.254. The number of hydrogen-bond acceptors (Lipinski definition) is 3. The van der Waals surface area contributed by atoms with Crippen molar-refractivity contribution in [3.8, 4) is 5.69 Å². The van der Waals surface area contributed by atoms with Crippen LogP contribution in [0.5, 0.6) is 0 Å². The Balaban J connectivity index is 2.67. The van der Waals surface area contributed by atoms with Gasteiger partial charge in [-0.1, -0.05) is 11.6 Å². The van der Waals surface area contributed by atoms with Crippen molar-refractivity contribution in [3.63, 3.8) is 0 Å². The molecule has 1 aromatic heterocycles. The zero-order valence-corrected chi connectivity index (χ0v) is 11.0. The van der Waals surface area contributed by atoms with Crippen LogP contribution >= 0.6 is 34.2 Å². The van der Waals surface area contributed by atoms with Gasteiger partial charge in [-0.05, 0) is 22.6 Å². The highest BCUT2D eigenvalue weighted by Gasteiger charge is 2.19. The topological polar surface area (TPSA) is 61.0 Å². The molecule has 0 amide bonds. The highest BCUT2D eigenvalue weighted by atomic mass is 127. The number of benzene rings is 1. The molecule has 0 N–H and O–H groups in total. The second-order valence-electron chi connectivity index (χ2n) is 3.12. The third-order valence-corrected chi connectivity index (χ3v) is 2.86. The van der Waals surface area contributed by atoms with Gasteiger partial charge in [0.1, 0.15) is 11.5 Å². The molecule has 0 atom stereocenters. The van der Waals surface area contributed by atoms with Crippen molar-refractivity contribution in [1.29, 1.82) is 0 Å². The average Bonchev–Trinajstić information content (AvgIpc) is 2.68. The predicted octanol–water partition coefficient (Wildman–Crippen LogP) is 3.18. The molecule has 0 spiro atoms. The first kappa shape index (κ1) is 12.2. The Hall–Kier alpha value is -1.22. The van der Waals surface area contributed by atoms with E-state index in [1.165, 1.54) is 10.9 Å². The van der Waals surface area contributed by atoms with Crippen LogP contribution < -0.4 is 0 Å². The van der Waals surface area contributed by atoms with Crippen molar-refractivity contribution in [2.45, 2.75) is 0 Å². The predicted molar refractivity (Wildman–Crippen MR) is 67.9 cm³/mol. The highest BCUT2D eigenvalue weighted by molar-refractivity contribution is 14.1. The second kappa shape index (κ2) is 4.57. The molecule has 0 unspecified atom stereocenters. The molecular weight excluding hydrogens is 363 g/mol. The Bertz CT molecular complexity index is 602. The number of nitro benzene ring substituents is 1. The Morgan fingerprint density at radius 3 is 2.76 bits per heavy atom. The molecule has 0 aliphatic carbocycles. The first-order valence-electron chi connectivity index (χ1n) is 4.33. The normalized spacial score (nSPS) is 10.5. The number of aromatic nitrogens is 2. The Morgan fingerprint density at radius 2 is 2.24 bits per heavy atom. The lowest BCUT2D eigenvalue weighted by Crippen LogP contribution is -2.01. The summed E-state index contributed by atoms with van der Waals surface area (Å²) in [5.74, 6) is -0.724. The summed E-state index contributed by atoms with van der Waals surface area (Å²) in [6.07, 6.45) is 3.06. The van der Waals surface area contributed by atoms with E-state index in [2.05, 4.69) is 5.10 Å². The molecule has 0 radical (unpaired) electrons. The maximum Gasteiger partial charge on any atom is 0.296 e. The number of hydrogen-bond donors (Lipinski definition) is 0. The molecule has 8 heteroatoms. The van der Waals surface area contributed by atoms with E-state index in [4.69, 9.17) is 11.6 Å². The smallest absolute Gasteiger partial charge is 0.258 e. The first-order chi connectivity index (χ1) is 7.99. The van der Waals surface area contributed by atoms with Gasteiger partial charge in [0, 0.05) is 18.3 Å². The Kier molecular flexibility index (Phi) is 3.29. The van der Waals surface area contributed by atoms with Crippen LogP contribution in [0.25, 0.3) is 5.69 Å². The zero-order chi connectivity index (χ0) is 12.6. The fourth-order valence-electron chi connectivity index (χ4n) is 1.29. The fourth-order valence-corrected chi connectivity index (χ4v) is 1.83. The molecule has 0 fully saturated rings. The van der Waals surface area contributed by atoms with Crippen molar-refractivity contribution < 1.29 is 9.31 Å². The Labute approximate surface area is 113 Å². The van der Waals surface area contributed by atoms with Crippen molar-refractivity contribution in [3.05, 3.63) is 49.1 Å². The maximum atomic E-state index is 13.3. The molecule has 0 bridgehead atoms. The zero-order valence-electron chi connectivity index (χ0n) is 8.10. The Morgan fingerprint density at radius 1 is 1.53 bits per heavy atom. The number of halogens is 3. The quantitative estimate of drug-likeness (QED) is 0.465. The maximum absolute atomic E-state index is 13.3. The van der Waals surface area contributed by atoms with Crippen LogP contribution in [0.3, 0.4) is 0 Å². The monoisotopic (exact) mass is 367 g/mol. The minimum absolute atomic E-state index is 0.0415. The lowest BCUT2D eigenvalue weighted by Gasteiger charge is -2.04. The molecular formula is C9H4ClFIN3O2. The van der Waals surface area contributed by atoms with Gasteiger partial charge in [0.2, 0.25) is 0 Å². The summed E-state index contributed by atoms with van der Waals surface area (Å²) in [7, 11) is 0. The van der Waals surface area contributed by atoms with Crippen molar-refractivity contribution >= 4 is 39.9 Å². The van der Waals surface area contributed by atoms with Crippen molar-refractivity contribution in [2.24, 2.45) is 0 Å². The van der Waals surface area contributed by atoms with Gasteiger partial charge in [-0.3, -0.25) is 10.1 Å². The SMILES string of the molecule is O=[N+]([O-])c1cc(Cl)c(F)cc1-n1cc(I)cn1. The first-order valence-corrected chi connectivity index (χ1v) is 5.78. The third-order valence-electron chi connectivity index (χ3n) is 2.01. The van der Waals surface area contributed by atoms with Crippen LogP contribution in [-0.4, -0.2) is 14.7 Å². The minimum atomic E-state index is -0.724. The largest absolute Gasteiger partial charge is 0.296 e. The third kappa shape index (κ3) is 2.39. The molecule has 0 saturated carbocycles. The summed E-state index contributed by atoms with van der Waals surface area (Å²) in [6, 6.07) is 1.96. The van der Waals surface area contributed by atoms with E-state index in [9.17, 15) is 14.5 Å². The molecule has 0 aliphatic rings. The van der Waals surface area contributed by atoms with Gasteiger partial charge in [-0.2, -0.15) is 5.10 Å². The molecule has 0 aliphatic heterocycles. The molecule has 88 valence electrons. The van der Waals surface area contributed by atoms with Crippen molar-refractivity contribution in [2.75, 3.05) is 0 Å². The van der Waals surface area contributed by atoms with Gasteiger partial charge in [0.15, 0.2) is 0 Å². The van der Waals surface area contributed by atoms with E-state index < -0.39 is 10.7 Å². The molecule has 2 rings (SSSR count). The van der Waals surface area contributed by atoms with Crippen LogP contribution in [0.15, 0.2) is 24.5 Å². The highest BCUT2D eigenvalue weighted by Crippen LogP contribution is 2.28. The summed E-state index contributed by atoms with van der Waals surface area (Å²) in [6.45, 7) is 0. The van der Waals surface area contributed by atoms with Crippen LogP contribution in [0.2, 0.25) is 5.02 Å². The lowest BCUT2D eigenvalue weighted by atomic mass is 10.2. The molecule has 2 aromatic rings. The van der Waals surface area contributed by atoms with E-state index in [-0.39, 0.29) is 16.4 Å². The molecule has 17 heavy (non-hydrogen) atoms. The van der Waals surface area contributed by atoms with Gasteiger partial charge < -0.3 is 0 Å². The second-order valence-corrected chi connectivity index (χ2v) is 4.77. The molecule has 1 aromatic carbocycles. The van der Waals surface area contributed by atoms with Gasteiger partial charge in [-0.15, -0.1) is 0 Å². The number of nitro groups is 1. The van der Waals surface area contributed by atoms with Crippen molar-refractivity contribution in [1.82, 2.24) is 9.78 Å². The average molecular weight is 368 g/mol. The van der Waals surface area contributed by atoms with Crippen LogP contribution in [0.1, 0.15) is 0 Å². The standard InChI is InChI=1S/C9H4ClFIN3O2/c10-6-1-9(15(16)17)8(2-7(6)11)14-4-5(12)3-13-14/h1-4H. The summed E-state index contributed by atoms with van der Waals surface area (Å²) < 4.78 is 15.3. The molecule has 1 heterocycles. The molecule has 5 nitrogen and oxygen atoms in total. The van der Waals surface area contributed by atoms with Gasteiger partial charge in [-0.25, -0.2) is 9.07 Å². The van der Waals surface area contributed by atoms with E-state index >= 15 is 0 Å². The van der Waals surface area contributed by atoms with Crippen LogP contribution in [-0.2, 0) is 0 Å². The molecule has 0 saturated heterocycles.